The maximum Gasteiger partial charge on any atom is 0.343 e. The van der Waals surface area contributed by atoms with E-state index in [2.05, 4.69) is 16.0 Å². The number of nitrogens with one attached hydrogen (secondary N) is 3. The number of rotatable bonds is 24. The Morgan fingerprint density at radius 3 is 2.33 bits per heavy atom. The molecule has 0 fully saturated rings. The largest absolute Gasteiger partial charge is 0.458 e. The minimum Gasteiger partial charge on any atom is -0.458 e. The fraction of sp³-hybridized carbons (Fsp3) is 0.446. The molecule has 5 heterocycles. The third-order valence-electron chi connectivity index (χ3n) is 15.0. The number of hydrogen-bond acceptors (Lipinski definition) is 13. The molecule has 18 nitrogen and oxygen atoms in total. The summed E-state index contributed by atoms with van der Waals surface area (Å²) in [5.41, 5.74) is 2.20. The monoisotopic (exact) mass is 1030 g/mol. The van der Waals surface area contributed by atoms with E-state index in [1.807, 2.05) is 18.2 Å². The number of halogens is 1. The standard InChI is InChI=1S/C56H61FN6O12/c1-4-56(74)41-25-45-51-39(29-63(45)54(72)40(41)30-75-55(56)73)50-43(18-17-38-32(3)42(57)26-44(60-51)49(38)50)61-52(70)31(2)14-15-36(65)27-59-53(71)34(23-33-11-7-5-8-12-33)24-37(66)28-58-46(67)19-16-35(64)13-9-6-10-22-62-47(68)20-21-48(62)69/h5,7-8,11-12,20-21,25-26,31,34,43,74H,4,6,9-10,13-19,22-24,27-30H2,1-3H3,(H,58,67)(H,59,71)(H,61,70)/t31-,34+,43-,56-/m0/s1. The van der Waals surface area contributed by atoms with Gasteiger partial charge in [0.05, 0.1) is 48.1 Å². The molecule has 5 amide bonds. The van der Waals surface area contributed by atoms with Crippen molar-refractivity contribution in [1.82, 2.24) is 30.4 Å². The van der Waals surface area contributed by atoms with Crippen LogP contribution >= 0.6 is 0 Å². The Hall–Kier alpha value is -7.54. The highest BCUT2D eigenvalue weighted by molar-refractivity contribution is 6.12. The second-order valence-electron chi connectivity index (χ2n) is 20.0. The van der Waals surface area contributed by atoms with Crippen LogP contribution in [-0.4, -0.2) is 92.0 Å². The number of aliphatic hydroxyl groups is 1. The molecule has 4 aliphatic rings. The van der Waals surface area contributed by atoms with Gasteiger partial charge < -0.3 is 30.4 Å². The number of carbonyl (C=O) groups excluding carboxylic acids is 9. The van der Waals surface area contributed by atoms with Gasteiger partial charge in [0.25, 0.3) is 17.4 Å². The number of pyridine rings is 2. The SMILES string of the molecule is CC[C@@]1(O)C(=O)OCc2c1cc1n(c2=O)Cc2c-1nc1cc(F)c(C)c3c1c2[C@@H](NC(=O)[C@@H](C)CCC(=O)CNC(=O)[C@@H](CC(=O)CNC(=O)CCC(=O)CCCCCN1C(=O)C=CC1=O)Cc1ccccc1)CC3. The van der Waals surface area contributed by atoms with E-state index in [1.165, 1.54) is 22.8 Å². The van der Waals surface area contributed by atoms with E-state index in [1.54, 1.807) is 39.0 Å². The van der Waals surface area contributed by atoms with Crippen LogP contribution in [0.5, 0.6) is 0 Å². The van der Waals surface area contributed by atoms with Gasteiger partial charge in [-0.25, -0.2) is 14.2 Å². The minimum atomic E-state index is -2.04. The second-order valence-corrected chi connectivity index (χ2v) is 20.0. The first kappa shape index (κ1) is 53.7. The number of ether oxygens (including phenoxy) is 1. The summed E-state index contributed by atoms with van der Waals surface area (Å²) in [6.45, 7) is 4.34. The van der Waals surface area contributed by atoms with Crippen LogP contribution in [-0.2, 0) is 79.5 Å². The third-order valence-corrected chi connectivity index (χ3v) is 15.0. The minimum absolute atomic E-state index is 0.0181. The lowest BCUT2D eigenvalue weighted by atomic mass is 9.81. The van der Waals surface area contributed by atoms with Crippen molar-refractivity contribution in [1.29, 1.82) is 0 Å². The molecule has 394 valence electrons. The van der Waals surface area contributed by atoms with E-state index in [9.17, 15) is 53.1 Å². The zero-order chi connectivity index (χ0) is 53.7. The van der Waals surface area contributed by atoms with Gasteiger partial charge in [0.15, 0.2) is 17.2 Å². The fourth-order valence-electron chi connectivity index (χ4n) is 10.5. The summed E-state index contributed by atoms with van der Waals surface area (Å²) >= 11 is 0. The van der Waals surface area contributed by atoms with Gasteiger partial charge in [-0.05, 0) is 80.2 Å². The van der Waals surface area contributed by atoms with Crippen molar-refractivity contribution in [3.63, 3.8) is 0 Å². The summed E-state index contributed by atoms with van der Waals surface area (Å²) in [7, 11) is 0. The van der Waals surface area contributed by atoms with Crippen LogP contribution in [0.25, 0.3) is 22.3 Å². The number of cyclic esters (lactones) is 1. The molecule has 4 aromatic rings. The maximum absolute atomic E-state index is 15.4. The number of Topliss-reactive ketones (excluding diaryl/α,β-unsaturated/α-hetero) is 3. The molecule has 4 N–H and O–H groups in total. The van der Waals surface area contributed by atoms with Gasteiger partial charge in [-0.15, -0.1) is 0 Å². The number of benzene rings is 2. The number of aryl methyl sites for hydroxylation is 1. The lowest BCUT2D eigenvalue weighted by Gasteiger charge is -2.31. The van der Waals surface area contributed by atoms with Gasteiger partial charge in [0, 0.05) is 85.2 Å². The van der Waals surface area contributed by atoms with Crippen LogP contribution < -0.4 is 21.5 Å². The van der Waals surface area contributed by atoms with Crippen molar-refractivity contribution in [3.05, 3.63) is 110 Å². The van der Waals surface area contributed by atoms with Crippen LogP contribution in [0, 0.1) is 24.6 Å². The van der Waals surface area contributed by atoms with E-state index in [0.717, 1.165) is 16.0 Å². The fourth-order valence-corrected chi connectivity index (χ4v) is 10.5. The third kappa shape index (κ3) is 11.6. The molecule has 3 aliphatic heterocycles. The van der Waals surface area contributed by atoms with Gasteiger partial charge >= 0.3 is 5.97 Å². The van der Waals surface area contributed by atoms with Crippen LogP contribution in [0.4, 0.5) is 4.39 Å². The number of esters is 1. The van der Waals surface area contributed by atoms with Crippen molar-refractivity contribution in [2.75, 3.05) is 19.6 Å². The molecular weight excluding hydrogens is 968 g/mol. The zero-order valence-corrected chi connectivity index (χ0v) is 42.3. The first-order valence-electron chi connectivity index (χ1n) is 25.7. The Morgan fingerprint density at radius 2 is 1.60 bits per heavy atom. The van der Waals surface area contributed by atoms with Crippen molar-refractivity contribution in [2.45, 2.75) is 129 Å². The number of unbranched alkanes of at least 4 members (excludes halogenated alkanes) is 2. The van der Waals surface area contributed by atoms with Gasteiger partial charge in [0.2, 0.25) is 17.7 Å². The molecule has 4 atom stereocenters. The molecular formula is C56H61FN6O12. The van der Waals surface area contributed by atoms with Gasteiger partial charge in [-0.3, -0.25) is 48.1 Å². The number of ketones is 3. The van der Waals surface area contributed by atoms with Crippen LogP contribution in [0.15, 0.2) is 59.4 Å². The summed E-state index contributed by atoms with van der Waals surface area (Å²) in [6.07, 6.45) is 5.11. The van der Waals surface area contributed by atoms with Crippen molar-refractivity contribution in [2.24, 2.45) is 11.8 Å². The molecule has 75 heavy (non-hydrogen) atoms. The first-order valence-corrected chi connectivity index (χ1v) is 25.7. The van der Waals surface area contributed by atoms with Crippen molar-refractivity contribution in [3.8, 4) is 11.4 Å². The molecule has 0 radical (unpaired) electrons. The first-order chi connectivity index (χ1) is 35.9. The molecule has 0 saturated carbocycles. The van der Waals surface area contributed by atoms with Gasteiger partial charge in [-0.1, -0.05) is 50.6 Å². The summed E-state index contributed by atoms with van der Waals surface area (Å²) in [5.74, 6) is -5.80. The van der Waals surface area contributed by atoms with Crippen molar-refractivity contribution < 1.29 is 57.4 Å². The Balaban J connectivity index is 0.838. The normalized spacial score (nSPS) is 18.0. The number of hydrogen-bond donors (Lipinski definition) is 4. The predicted octanol–water partition coefficient (Wildman–Crippen LogP) is 4.50. The number of fused-ring (bicyclic) bond motifs is 5. The van der Waals surface area contributed by atoms with Crippen LogP contribution in [0.3, 0.4) is 0 Å². The second kappa shape index (κ2) is 22.9. The molecule has 0 saturated heterocycles. The molecule has 19 heteroatoms. The number of imide groups is 1. The predicted molar refractivity (Wildman–Crippen MR) is 270 cm³/mol. The van der Waals surface area contributed by atoms with Gasteiger partial charge in [0.1, 0.15) is 18.2 Å². The summed E-state index contributed by atoms with van der Waals surface area (Å²) in [4.78, 5) is 135. The highest BCUT2D eigenvalue weighted by atomic mass is 19.1. The molecule has 2 aromatic carbocycles. The zero-order valence-electron chi connectivity index (χ0n) is 42.3. The highest BCUT2D eigenvalue weighted by Gasteiger charge is 2.46. The number of carbonyl (C=O) groups is 9. The molecule has 8 rings (SSSR count). The smallest absolute Gasteiger partial charge is 0.343 e. The van der Waals surface area contributed by atoms with E-state index < -0.39 is 58.4 Å². The molecule has 1 aliphatic carbocycles. The highest BCUT2D eigenvalue weighted by Crippen LogP contribution is 2.46. The quantitative estimate of drug-likeness (QED) is 0.0378. The average Bonchev–Trinajstić information content (AvgIpc) is 3.96. The Morgan fingerprint density at radius 1 is 0.867 bits per heavy atom. The van der Waals surface area contributed by atoms with E-state index >= 15 is 4.39 Å². The Labute approximate surface area is 431 Å². The average molecular weight is 1030 g/mol. The summed E-state index contributed by atoms with van der Waals surface area (Å²) in [6, 6.07) is 11.4. The number of amides is 5. The molecule has 0 spiro atoms. The number of nitrogens with zero attached hydrogens (tertiary/aromatic N) is 3. The summed E-state index contributed by atoms with van der Waals surface area (Å²) in [5, 5.41) is 20.4. The van der Waals surface area contributed by atoms with Crippen molar-refractivity contribution >= 4 is 63.8 Å². The Bertz CT molecular complexity index is 3100. The summed E-state index contributed by atoms with van der Waals surface area (Å²) < 4.78 is 22.2. The number of aromatic nitrogens is 2. The van der Waals surface area contributed by atoms with Crippen LogP contribution in [0.1, 0.15) is 129 Å². The van der Waals surface area contributed by atoms with E-state index in [4.69, 9.17) is 9.72 Å². The topological polar surface area (TPSA) is 257 Å². The lowest BCUT2D eigenvalue weighted by Crippen LogP contribution is -2.44. The van der Waals surface area contributed by atoms with Gasteiger partial charge in [-0.2, -0.15) is 0 Å². The lowest BCUT2D eigenvalue weighted by molar-refractivity contribution is -0.172. The van der Waals surface area contributed by atoms with E-state index in [-0.39, 0.29) is 125 Å². The maximum atomic E-state index is 15.4. The molecule has 2 aromatic heterocycles. The van der Waals surface area contributed by atoms with E-state index in [0.29, 0.717) is 71.1 Å². The molecule has 0 unspecified atom stereocenters. The van der Waals surface area contributed by atoms with Crippen LogP contribution in [0.2, 0.25) is 0 Å². The molecule has 0 bridgehead atoms. The Kier molecular flexibility index (Phi) is 16.4.